The molecule has 10 heteroatoms. The molecule has 0 saturated carbocycles. The van der Waals surface area contributed by atoms with Crippen molar-refractivity contribution < 1.29 is 5.11 Å². The van der Waals surface area contributed by atoms with Crippen LogP contribution >= 0.6 is 0 Å². The van der Waals surface area contributed by atoms with E-state index in [1.807, 2.05) is 6.07 Å². The van der Waals surface area contributed by atoms with Gasteiger partial charge in [0.1, 0.15) is 5.69 Å². The highest BCUT2D eigenvalue weighted by molar-refractivity contribution is 6.14. The third-order valence-electron chi connectivity index (χ3n) is 5.50. The quantitative estimate of drug-likeness (QED) is 0.143. The summed E-state index contributed by atoms with van der Waals surface area (Å²) in [4.78, 5) is 23.9. The molecule has 0 amide bonds. The average Bonchev–Trinajstić information content (AvgIpc) is 2.78. The zero-order valence-corrected chi connectivity index (χ0v) is 17.9. The number of nitroso groups, excluding NO2 is 2. The van der Waals surface area contributed by atoms with Crippen molar-refractivity contribution in [2.24, 2.45) is 15.5 Å². The van der Waals surface area contributed by atoms with Gasteiger partial charge in [0.2, 0.25) is 0 Å². The Hall–Kier alpha value is -2.72. The fourth-order valence-corrected chi connectivity index (χ4v) is 3.86. The van der Waals surface area contributed by atoms with E-state index in [-0.39, 0.29) is 17.8 Å². The molecule has 10 nitrogen and oxygen atoms in total. The van der Waals surface area contributed by atoms with Crippen molar-refractivity contribution in [2.45, 2.75) is 57.1 Å². The van der Waals surface area contributed by atoms with Crippen molar-refractivity contribution in [2.75, 3.05) is 36.9 Å². The Labute approximate surface area is 182 Å². The number of anilines is 2. The maximum absolute atomic E-state index is 11.0. The van der Waals surface area contributed by atoms with E-state index in [0.29, 0.717) is 12.2 Å². The van der Waals surface area contributed by atoms with Crippen LogP contribution in [0, 0.1) is 15.2 Å². The van der Waals surface area contributed by atoms with Gasteiger partial charge in [-0.25, -0.2) is 0 Å². The minimum Gasteiger partial charge on any atom is -0.393 e. The first-order chi connectivity index (χ1) is 15.2. The highest BCUT2D eigenvalue weighted by Crippen LogP contribution is 2.28. The van der Waals surface area contributed by atoms with E-state index in [4.69, 9.17) is 5.41 Å². The lowest BCUT2D eigenvalue weighted by Gasteiger charge is -2.37. The van der Waals surface area contributed by atoms with E-state index in [1.165, 1.54) is 6.21 Å². The molecular weight excluding hydrogens is 398 g/mol. The Morgan fingerprint density at radius 1 is 1.23 bits per heavy atom. The third kappa shape index (κ3) is 8.89. The third-order valence-corrected chi connectivity index (χ3v) is 5.50. The maximum atomic E-state index is 11.0. The molecule has 170 valence electrons. The van der Waals surface area contributed by atoms with Crippen molar-refractivity contribution in [1.82, 2.24) is 4.90 Å². The molecule has 0 aromatic heterocycles. The molecule has 0 spiro atoms. The highest BCUT2D eigenvalue weighted by Gasteiger charge is 2.26. The Morgan fingerprint density at radius 3 is 2.84 bits per heavy atom. The highest BCUT2D eigenvalue weighted by atomic mass is 16.3. The standard InChI is InChI=1S/C21H33N7O3/c22-9-12-24-26-20-6-5-17(15-21(20)27-31)23-10-3-1-2-4-13-28-14-8-19(29)16-18(28)7-11-25-30/h5-6,9,12,15,18-19,22-23,26,29H,1-4,7-8,10-11,13-14,16H2/b22-9?,24-12-/t18?,19-/m1/s1. The summed E-state index contributed by atoms with van der Waals surface area (Å²) >= 11 is 0. The van der Waals surface area contributed by atoms with Crippen LogP contribution in [0.4, 0.5) is 17.1 Å². The number of aliphatic hydroxyl groups excluding tert-OH is 1. The Balaban J connectivity index is 1.64. The van der Waals surface area contributed by atoms with Gasteiger partial charge < -0.3 is 20.7 Å². The molecule has 1 aliphatic rings. The number of rotatable bonds is 15. The topological polar surface area (TPSA) is 143 Å². The second kappa shape index (κ2) is 14.3. The fourth-order valence-electron chi connectivity index (χ4n) is 3.86. The van der Waals surface area contributed by atoms with Gasteiger partial charge in [0.25, 0.3) is 0 Å². The normalized spacial score (nSPS) is 19.3. The van der Waals surface area contributed by atoms with Crippen LogP contribution in [0.2, 0.25) is 0 Å². The van der Waals surface area contributed by atoms with E-state index >= 15 is 0 Å². The van der Waals surface area contributed by atoms with Gasteiger partial charge in [-0.1, -0.05) is 18.0 Å². The summed E-state index contributed by atoms with van der Waals surface area (Å²) in [5.74, 6) is 0. The second-order valence-electron chi connectivity index (χ2n) is 7.73. The molecule has 0 bridgehead atoms. The summed E-state index contributed by atoms with van der Waals surface area (Å²) in [6.07, 6.45) is 8.65. The Morgan fingerprint density at radius 2 is 2.06 bits per heavy atom. The van der Waals surface area contributed by atoms with E-state index < -0.39 is 0 Å². The number of hydrogen-bond acceptors (Lipinski definition) is 10. The lowest BCUT2D eigenvalue weighted by molar-refractivity contribution is 0.0382. The predicted molar refractivity (Wildman–Crippen MR) is 126 cm³/mol. The molecular formula is C21H33N7O3. The van der Waals surface area contributed by atoms with Crippen molar-refractivity contribution in [3.8, 4) is 0 Å². The SMILES string of the molecule is N=C/C=N\Nc1ccc(NCCCCCCN2CC[C@@H](O)CC2CCN=O)cc1N=O. The number of nitrogens with one attached hydrogen (secondary N) is 3. The molecule has 0 aliphatic carbocycles. The first kappa shape index (κ1) is 24.5. The number of unbranched alkanes of at least 4 members (excludes halogenated alkanes) is 3. The summed E-state index contributed by atoms with van der Waals surface area (Å²) in [6, 6.07) is 5.52. The first-order valence-electron chi connectivity index (χ1n) is 10.9. The van der Waals surface area contributed by atoms with E-state index in [1.54, 1.807) is 12.1 Å². The number of hydrazone groups is 1. The minimum atomic E-state index is -0.256. The van der Waals surface area contributed by atoms with E-state index in [2.05, 4.69) is 31.1 Å². The van der Waals surface area contributed by atoms with Gasteiger partial charge in [0, 0.05) is 31.0 Å². The number of piperidine rings is 1. The lowest BCUT2D eigenvalue weighted by Crippen LogP contribution is -2.45. The lowest BCUT2D eigenvalue weighted by atomic mass is 9.96. The maximum Gasteiger partial charge on any atom is 0.135 e. The summed E-state index contributed by atoms with van der Waals surface area (Å²) < 4.78 is 0. The number of hydrogen-bond donors (Lipinski definition) is 4. The van der Waals surface area contributed by atoms with Crippen LogP contribution in [-0.4, -0.2) is 60.8 Å². The van der Waals surface area contributed by atoms with Crippen LogP contribution in [0.1, 0.15) is 44.9 Å². The van der Waals surface area contributed by atoms with Gasteiger partial charge >= 0.3 is 0 Å². The Kier molecular flexibility index (Phi) is 11.3. The van der Waals surface area contributed by atoms with Crippen LogP contribution < -0.4 is 10.7 Å². The number of benzene rings is 1. The zero-order chi connectivity index (χ0) is 22.3. The Bertz CT molecular complexity index is 729. The van der Waals surface area contributed by atoms with Crippen LogP contribution in [0.15, 0.2) is 33.7 Å². The summed E-state index contributed by atoms with van der Waals surface area (Å²) in [7, 11) is 0. The largest absolute Gasteiger partial charge is 0.393 e. The molecule has 1 unspecified atom stereocenters. The number of aliphatic hydroxyl groups is 1. The summed E-state index contributed by atoms with van der Waals surface area (Å²) in [5, 5.41) is 29.9. The van der Waals surface area contributed by atoms with Crippen molar-refractivity contribution in [3.63, 3.8) is 0 Å². The second-order valence-corrected chi connectivity index (χ2v) is 7.73. The summed E-state index contributed by atoms with van der Waals surface area (Å²) in [5.41, 5.74) is 4.27. The molecule has 0 radical (unpaired) electrons. The molecule has 1 saturated heterocycles. The van der Waals surface area contributed by atoms with Gasteiger partial charge in [-0.05, 0) is 62.0 Å². The predicted octanol–water partition coefficient (Wildman–Crippen LogP) is 4.09. The van der Waals surface area contributed by atoms with Gasteiger partial charge in [-0.15, -0.1) is 4.91 Å². The van der Waals surface area contributed by atoms with Crippen molar-refractivity contribution in [1.29, 1.82) is 5.41 Å². The van der Waals surface area contributed by atoms with Gasteiger partial charge in [-0.2, -0.15) is 10.0 Å². The van der Waals surface area contributed by atoms with Gasteiger partial charge in [0.15, 0.2) is 0 Å². The monoisotopic (exact) mass is 431 g/mol. The molecule has 1 heterocycles. The first-order valence-corrected chi connectivity index (χ1v) is 10.9. The molecule has 2 atom stereocenters. The van der Waals surface area contributed by atoms with E-state index in [0.717, 1.165) is 76.5 Å². The molecule has 1 aromatic rings. The minimum absolute atomic E-state index is 0.256. The van der Waals surface area contributed by atoms with Gasteiger partial charge in [-0.3, -0.25) is 5.43 Å². The zero-order valence-electron chi connectivity index (χ0n) is 17.9. The van der Waals surface area contributed by atoms with Crippen LogP contribution in [-0.2, 0) is 0 Å². The van der Waals surface area contributed by atoms with E-state index in [9.17, 15) is 14.9 Å². The molecule has 1 aliphatic heterocycles. The van der Waals surface area contributed by atoms with Crippen molar-refractivity contribution in [3.05, 3.63) is 28.0 Å². The molecule has 31 heavy (non-hydrogen) atoms. The van der Waals surface area contributed by atoms with Crippen LogP contribution in [0.3, 0.4) is 0 Å². The summed E-state index contributed by atoms with van der Waals surface area (Å²) in [6.45, 7) is 3.00. The van der Waals surface area contributed by atoms with Crippen LogP contribution in [0.5, 0.6) is 0 Å². The van der Waals surface area contributed by atoms with Crippen molar-refractivity contribution >= 4 is 29.5 Å². The smallest absolute Gasteiger partial charge is 0.135 e. The number of nitrogens with zero attached hydrogens (tertiary/aromatic N) is 4. The molecule has 1 fully saturated rings. The number of likely N-dealkylation sites (tertiary alicyclic amines) is 1. The average molecular weight is 432 g/mol. The van der Waals surface area contributed by atoms with Gasteiger partial charge in [0.05, 0.1) is 24.6 Å². The molecule has 1 aromatic carbocycles. The van der Waals surface area contributed by atoms with Crippen LogP contribution in [0.25, 0.3) is 0 Å². The molecule has 4 N–H and O–H groups in total. The molecule has 2 rings (SSSR count). The fraction of sp³-hybridized carbons (Fsp3) is 0.619.